The molecule has 1 aliphatic carbocycles. The molecule has 3 heteroatoms. The Balaban J connectivity index is 2.39. The number of aliphatic hydroxyl groups is 1. The standard InChI is InChI=1S/C13H23NO2/c1-3-13(2,8-9-15)14-12(16)10-11-6-4-5-7-11/h4,6,11,15H,3,5,7-10H2,1-2H3,(H,14,16). The van der Waals surface area contributed by atoms with Crippen molar-refractivity contribution >= 4 is 5.91 Å². The van der Waals surface area contributed by atoms with E-state index >= 15 is 0 Å². The maximum absolute atomic E-state index is 11.8. The molecular weight excluding hydrogens is 202 g/mol. The Hall–Kier alpha value is -0.830. The van der Waals surface area contributed by atoms with Gasteiger partial charge < -0.3 is 10.4 Å². The summed E-state index contributed by atoms with van der Waals surface area (Å²) in [6, 6.07) is 0. The molecule has 0 spiro atoms. The molecule has 0 fully saturated rings. The first-order chi connectivity index (χ1) is 7.59. The summed E-state index contributed by atoms with van der Waals surface area (Å²) in [5.74, 6) is 0.518. The first-order valence-electron chi connectivity index (χ1n) is 6.18. The van der Waals surface area contributed by atoms with E-state index in [-0.39, 0.29) is 18.1 Å². The van der Waals surface area contributed by atoms with E-state index in [1.165, 1.54) is 0 Å². The number of hydrogen-bond donors (Lipinski definition) is 2. The van der Waals surface area contributed by atoms with Crippen LogP contribution < -0.4 is 5.32 Å². The predicted molar refractivity (Wildman–Crippen MR) is 65.0 cm³/mol. The van der Waals surface area contributed by atoms with Gasteiger partial charge in [-0.15, -0.1) is 0 Å². The predicted octanol–water partition coefficient (Wildman–Crippen LogP) is 2.01. The molecule has 2 unspecified atom stereocenters. The van der Waals surface area contributed by atoms with Gasteiger partial charge in [-0.2, -0.15) is 0 Å². The van der Waals surface area contributed by atoms with Crippen molar-refractivity contribution in [3.63, 3.8) is 0 Å². The summed E-state index contributed by atoms with van der Waals surface area (Å²) in [5, 5.41) is 12.0. The maximum atomic E-state index is 11.8. The Labute approximate surface area is 97.9 Å². The van der Waals surface area contributed by atoms with Gasteiger partial charge in [0.1, 0.15) is 0 Å². The van der Waals surface area contributed by atoms with E-state index in [2.05, 4.69) is 17.5 Å². The maximum Gasteiger partial charge on any atom is 0.221 e. The van der Waals surface area contributed by atoms with Gasteiger partial charge in [-0.05, 0) is 38.5 Å². The monoisotopic (exact) mass is 225 g/mol. The van der Waals surface area contributed by atoms with Crippen molar-refractivity contribution in [2.24, 2.45) is 5.92 Å². The highest BCUT2D eigenvalue weighted by Gasteiger charge is 2.24. The molecular formula is C13H23NO2. The lowest BCUT2D eigenvalue weighted by Crippen LogP contribution is -2.46. The molecule has 2 N–H and O–H groups in total. The van der Waals surface area contributed by atoms with Crippen molar-refractivity contribution in [1.29, 1.82) is 0 Å². The number of allylic oxidation sites excluding steroid dienone is 2. The molecule has 0 aromatic rings. The van der Waals surface area contributed by atoms with E-state index in [0.717, 1.165) is 19.3 Å². The number of rotatable bonds is 6. The minimum absolute atomic E-state index is 0.106. The second kappa shape index (κ2) is 6.04. The topological polar surface area (TPSA) is 49.3 Å². The fraction of sp³-hybridized carbons (Fsp3) is 0.769. The molecule has 1 rings (SSSR count). The number of hydrogen-bond acceptors (Lipinski definition) is 2. The number of carbonyl (C=O) groups is 1. The van der Waals surface area contributed by atoms with Gasteiger partial charge in [0.15, 0.2) is 0 Å². The van der Waals surface area contributed by atoms with Crippen molar-refractivity contribution in [3.8, 4) is 0 Å². The summed E-state index contributed by atoms with van der Waals surface area (Å²) in [6.45, 7) is 4.14. The van der Waals surface area contributed by atoms with E-state index in [0.29, 0.717) is 18.8 Å². The summed E-state index contributed by atoms with van der Waals surface area (Å²) in [5.41, 5.74) is -0.256. The smallest absolute Gasteiger partial charge is 0.221 e. The van der Waals surface area contributed by atoms with Crippen LogP contribution in [0, 0.1) is 5.92 Å². The van der Waals surface area contributed by atoms with Crippen LogP contribution >= 0.6 is 0 Å². The van der Waals surface area contributed by atoms with Crippen molar-refractivity contribution in [1.82, 2.24) is 5.32 Å². The van der Waals surface area contributed by atoms with Gasteiger partial charge in [0.05, 0.1) is 0 Å². The third-order valence-corrected chi connectivity index (χ3v) is 3.45. The highest BCUT2D eigenvalue weighted by molar-refractivity contribution is 5.77. The molecule has 1 amide bonds. The van der Waals surface area contributed by atoms with Crippen LogP contribution in [0.25, 0.3) is 0 Å². The first kappa shape index (κ1) is 13.2. The van der Waals surface area contributed by atoms with E-state index in [1.807, 2.05) is 13.8 Å². The van der Waals surface area contributed by atoms with Gasteiger partial charge >= 0.3 is 0 Å². The van der Waals surface area contributed by atoms with Crippen molar-refractivity contribution in [3.05, 3.63) is 12.2 Å². The molecule has 3 nitrogen and oxygen atoms in total. The van der Waals surface area contributed by atoms with Crippen LogP contribution in [0.15, 0.2) is 12.2 Å². The highest BCUT2D eigenvalue weighted by atomic mass is 16.3. The van der Waals surface area contributed by atoms with E-state index in [1.54, 1.807) is 0 Å². The summed E-state index contributed by atoms with van der Waals surface area (Å²) >= 11 is 0. The van der Waals surface area contributed by atoms with Crippen LogP contribution in [0.3, 0.4) is 0 Å². The lowest BCUT2D eigenvalue weighted by Gasteiger charge is -2.29. The third-order valence-electron chi connectivity index (χ3n) is 3.45. The Morgan fingerprint density at radius 2 is 2.38 bits per heavy atom. The van der Waals surface area contributed by atoms with Gasteiger partial charge in [0, 0.05) is 18.6 Å². The van der Waals surface area contributed by atoms with E-state index in [4.69, 9.17) is 5.11 Å². The molecule has 92 valence electrons. The fourth-order valence-corrected chi connectivity index (χ4v) is 2.07. The summed E-state index contributed by atoms with van der Waals surface area (Å²) in [6.07, 6.45) is 8.52. The SMILES string of the molecule is CCC(C)(CCO)NC(=O)CC1C=CCC1. The molecule has 0 saturated heterocycles. The van der Waals surface area contributed by atoms with Gasteiger partial charge in [-0.25, -0.2) is 0 Å². The normalized spacial score (nSPS) is 23.1. The van der Waals surface area contributed by atoms with Gasteiger partial charge in [0.25, 0.3) is 0 Å². The zero-order chi connectivity index (χ0) is 12.0. The molecule has 2 atom stereocenters. The Bertz CT molecular complexity index is 263. The lowest BCUT2D eigenvalue weighted by molar-refractivity contribution is -0.123. The molecule has 0 heterocycles. The van der Waals surface area contributed by atoms with Gasteiger partial charge in [-0.3, -0.25) is 4.79 Å². The molecule has 0 bridgehead atoms. The number of nitrogens with one attached hydrogen (secondary N) is 1. The lowest BCUT2D eigenvalue weighted by atomic mass is 9.94. The average Bonchev–Trinajstić information content (AvgIpc) is 2.70. The molecule has 0 radical (unpaired) electrons. The van der Waals surface area contributed by atoms with Crippen LogP contribution in [0.2, 0.25) is 0 Å². The van der Waals surface area contributed by atoms with Gasteiger partial charge in [-0.1, -0.05) is 19.1 Å². The summed E-state index contributed by atoms with van der Waals surface area (Å²) in [4.78, 5) is 11.8. The average molecular weight is 225 g/mol. The first-order valence-corrected chi connectivity index (χ1v) is 6.18. The zero-order valence-corrected chi connectivity index (χ0v) is 10.3. The van der Waals surface area contributed by atoms with E-state index in [9.17, 15) is 4.79 Å². The van der Waals surface area contributed by atoms with Crippen molar-refractivity contribution in [2.75, 3.05) is 6.61 Å². The zero-order valence-electron chi connectivity index (χ0n) is 10.3. The van der Waals surface area contributed by atoms with Crippen LogP contribution in [0.1, 0.15) is 46.0 Å². The second-order valence-electron chi connectivity index (χ2n) is 4.91. The Kier molecular flexibility index (Phi) is 5.00. The summed E-state index contributed by atoms with van der Waals surface area (Å²) in [7, 11) is 0. The third kappa shape index (κ3) is 3.97. The fourth-order valence-electron chi connectivity index (χ4n) is 2.07. The second-order valence-corrected chi connectivity index (χ2v) is 4.91. The molecule has 0 aromatic heterocycles. The summed E-state index contributed by atoms with van der Waals surface area (Å²) < 4.78 is 0. The Morgan fingerprint density at radius 3 is 2.88 bits per heavy atom. The van der Waals surface area contributed by atoms with E-state index < -0.39 is 0 Å². The molecule has 0 saturated carbocycles. The molecule has 0 aromatic carbocycles. The molecule has 0 aliphatic heterocycles. The van der Waals surface area contributed by atoms with Crippen LogP contribution in [-0.4, -0.2) is 23.2 Å². The number of carbonyl (C=O) groups excluding carboxylic acids is 1. The van der Waals surface area contributed by atoms with Crippen LogP contribution in [0.5, 0.6) is 0 Å². The highest BCUT2D eigenvalue weighted by Crippen LogP contribution is 2.21. The number of amides is 1. The van der Waals surface area contributed by atoms with Crippen molar-refractivity contribution in [2.45, 2.75) is 51.5 Å². The molecule has 16 heavy (non-hydrogen) atoms. The van der Waals surface area contributed by atoms with Crippen LogP contribution in [0.4, 0.5) is 0 Å². The largest absolute Gasteiger partial charge is 0.396 e. The minimum Gasteiger partial charge on any atom is -0.396 e. The number of aliphatic hydroxyl groups excluding tert-OH is 1. The van der Waals surface area contributed by atoms with Crippen LogP contribution in [-0.2, 0) is 4.79 Å². The minimum atomic E-state index is -0.256. The molecule has 1 aliphatic rings. The quantitative estimate of drug-likeness (QED) is 0.679. The van der Waals surface area contributed by atoms with Gasteiger partial charge in [0.2, 0.25) is 5.91 Å². The Morgan fingerprint density at radius 1 is 1.62 bits per heavy atom. The van der Waals surface area contributed by atoms with Crippen molar-refractivity contribution < 1.29 is 9.90 Å².